The molecule has 0 fully saturated rings. The van der Waals surface area contributed by atoms with Crippen LogP contribution in [-0.4, -0.2) is 38.6 Å². The number of nitrogens with one attached hydrogen (secondary N) is 2. The van der Waals surface area contributed by atoms with Gasteiger partial charge in [0.25, 0.3) is 0 Å². The second-order valence-corrected chi connectivity index (χ2v) is 6.89. The first-order chi connectivity index (χ1) is 12.8. The van der Waals surface area contributed by atoms with Gasteiger partial charge in [0, 0.05) is 14.9 Å². The molecule has 2 aromatic rings. The predicted molar refractivity (Wildman–Crippen MR) is 110 cm³/mol. The molecule has 0 radical (unpaired) electrons. The Kier molecular flexibility index (Phi) is 7.17. The van der Waals surface area contributed by atoms with Crippen molar-refractivity contribution in [3.05, 3.63) is 56.7 Å². The molecule has 2 aromatic carbocycles. The van der Waals surface area contributed by atoms with Gasteiger partial charge in [-0.2, -0.15) is 0 Å². The largest absolute Gasteiger partial charge is 0.465 e. The summed E-state index contributed by atoms with van der Waals surface area (Å²) in [7, 11) is 2.49. The van der Waals surface area contributed by atoms with Gasteiger partial charge in [0.05, 0.1) is 31.9 Å². The molecule has 0 heterocycles. The maximum Gasteiger partial charge on any atom is 0.337 e. The van der Waals surface area contributed by atoms with Gasteiger partial charge in [0.1, 0.15) is 0 Å². The summed E-state index contributed by atoms with van der Waals surface area (Å²) in [5, 5.41) is 5.72. The van der Waals surface area contributed by atoms with E-state index < -0.39 is 11.9 Å². The summed E-state index contributed by atoms with van der Waals surface area (Å²) >= 11 is 2.20. The summed E-state index contributed by atoms with van der Waals surface area (Å²) in [6, 6.07) is 10.1. The van der Waals surface area contributed by atoms with Crippen LogP contribution in [0.4, 0.5) is 11.4 Å². The number of aryl methyl sites for hydroxylation is 1. The highest BCUT2D eigenvalue weighted by Crippen LogP contribution is 2.19. The van der Waals surface area contributed by atoms with Crippen molar-refractivity contribution < 1.29 is 23.9 Å². The molecule has 0 saturated heterocycles. The van der Waals surface area contributed by atoms with Gasteiger partial charge in [0.15, 0.2) is 0 Å². The van der Waals surface area contributed by atoms with Crippen molar-refractivity contribution in [3.63, 3.8) is 0 Å². The number of rotatable bonds is 6. The number of hydrogen-bond donors (Lipinski definition) is 2. The number of amides is 1. The number of methoxy groups -OCH3 is 2. The van der Waals surface area contributed by atoms with Crippen LogP contribution in [0.3, 0.4) is 0 Å². The van der Waals surface area contributed by atoms with Crippen molar-refractivity contribution in [2.75, 3.05) is 31.4 Å². The maximum atomic E-state index is 12.2. The molecule has 2 rings (SSSR count). The Bertz CT molecular complexity index is 848. The van der Waals surface area contributed by atoms with Crippen molar-refractivity contribution >= 4 is 51.8 Å². The fourth-order valence-corrected chi connectivity index (χ4v) is 2.99. The standard InChI is InChI=1S/C19H19IN2O5/c1-11-6-14(20)4-5-16(11)22-17(23)10-21-15-8-12(18(24)26-2)7-13(9-15)19(25)27-3/h4-9,21H,10H2,1-3H3,(H,22,23). The Hall–Kier alpha value is -2.62. The minimum absolute atomic E-state index is 0.0450. The van der Waals surface area contributed by atoms with Gasteiger partial charge in [0.2, 0.25) is 5.91 Å². The third-order valence-electron chi connectivity index (χ3n) is 3.69. The molecule has 0 spiro atoms. The van der Waals surface area contributed by atoms with Gasteiger partial charge in [-0.15, -0.1) is 0 Å². The van der Waals surface area contributed by atoms with Gasteiger partial charge >= 0.3 is 11.9 Å². The summed E-state index contributed by atoms with van der Waals surface area (Å²) in [4.78, 5) is 35.8. The summed E-state index contributed by atoms with van der Waals surface area (Å²) in [6.07, 6.45) is 0. The number of carbonyl (C=O) groups is 3. The van der Waals surface area contributed by atoms with Crippen LogP contribution in [0.15, 0.2) is 36.4 Å². The molecule has 2 N–H and O–H groups in total. The molecule has 0 aliphatic carbocycles. The van der Waals surface area contributed by atoms with E-state index in [1.165, 1.54) is 32.4 Å². The first-order valence-corrected chi connectivity index (χ1v) is 9.03. The number of esters is 2. The van der Waals surface area contributed by atoms with Crippen molar-refractivity contribution in [2.45, 2.75) is 6.92 Å². The van der Waals surface area contributed by atoms with Crippen molar-refractivity contribution in [2.24, 2.45) is 0 Å². The van der Waals surface area contributed by atoms with Crippen LogP contribution in [-0.2, 0) is 14.3 Å². The molecule has 0 atom stereocenters. The predicted octanol–water partition coefficient (Wildman–Crippen LogP) is 3.22. The maximum absolute atomic E-state index is 12.2. The van der Waals surface area contributed by atoms with E-state index in [2.05, 4.69) is 42.7 Å². The van der Waals surface area contributed by atoms with E-state index in [1.807, 2.05) is 25.1 Å². The van der Waals surface area contributed by atoms with Crippen LogP contribution < -0.4 is 10.6 Å². The quantitative estimate of drug-likeness (QED) is 0.485. The Morgan fingerprint density at radius 3 is 2.07 bits per heavy atom. The SMILES string of the molecule is COC(=O)c1cc(NCC(=O)Nc2ccc(I)cc2C)cc(C(=O)OC)c1. The topological polar surface area (TPSA) is 93.7 Å². The van der Waals surface area contributed by atoms with Crippen molar-refractivity contribution in [1.29, 1.82) is 0 Å². The third kappa shape index (κ3) is 5.68. The van der Waals surface area contributed by atoms with E-state index in [9.17, 15) is 14.4 Å². The molecule has 1 amide bonds. The van der Waals surface area contributed by atoms with Crippen molar-refractivity contribution in [1.82, 2.24) is 0 Å². The van der Waals surface area contributed by atoms with E-state index >= 15 is 0 Å². The average Bonchev–Trinajstić information content (AvgIpc) is 2.67. The Balaban J connectivity index is 2.12. The fraction of sp³-hybridized carbons (Fsp3) is 0.211. The molecule has 0 aromatic heterocycles. The Morgan fingerprint density at radius 1 is 0.963 bits per heavy atom. The summed E-state index contributed by atoms with van der Waals surface area (Å²) < 4.78 is 10.5. The zero-order valence-electron chi connectivity index (χ0n) is 15.1. The average molecular weight is 482 g/mol. The molecule has 0 aliphatic heterocycles. The Morgan fingerprint density at radius 2 is 1.56 bits per heavy atom. The molecular formula is C19H19IN2O5. The fourth-order valence-electron chi connectivity index (χ4n) is 2.35. The first kappa shape index (κ1) is 20.7. The summed E-state index contributed by atoms with van der Waals surface area (Å²) in [5.74, 6) is -1.45. The van der Waals surface area contributed by atoms with Crippen LogP contribution in [0.2, 0.25) is 0 Å². The molecule has 27 heavy (non-hydrogen) atoms. The van der Waals surface area contributed by atoms with Gasteiger partial charge in [-0.05, 0) is 71.5 Å². The lowest BCUT2D eigenvalue weighted by molar-refractivity contribution is -0.114. The van der Waals surface area contributed by atoms with Gasteiger partial charge in [-0.25, -0.2) is 9.59 Å². The van der Waals surface area contributed by atoms with Crippen LogP contribution in [0.5, 0.6) is 0 Å². The lowest BCUT2D eigenvalue weighted by Crippen LogP contribution is -2.22. The lowest BCUT2D eigenvalue weighted by Gasteiger charge is -2.12. The summed E-state index contributed by atoms with van der Waals surface area (Å²) in [6.45, 7) is 1.87. The zero-order valence-corrected chi connectivity index (χ0v) is 17.2. The minimum atomic E-state index is -0.595. The molecule has 0 unspecified atom stereocenters. The number of anilines is 2. The highest BCUT2D eigenvalue weighted by molar-refractivity contribution is 14.1. The van der Waals surface area contributed by atoms with Gasteiger partial charge in [-0.1, -0.05) is 0 Å². The number of benzene rings is 2. The number of ether oxygens (including phenoxy) is 2. The molecule has 7 nitrogen and oxygen atoms in total. The molecular weight excluding hydrogens is 463 g/mol. The molecule has 0 bridgehead atoms. The van der Waals surface area contributed by atoms with Crippen molar-refractivity contribution in [3.8, 4) is 0 Å². The van der Waals surface area contributed by atoms with Crippen LogP contribution >= 0.6 is 22.6 Å². The second-order valence-electron chi connectivity index (χ2n) is 5.64. The highest BCUT2D eigenvalue weighted by Gasteiger charge is 2.14. The normalized spacial score (nSPS) is 10.1. The van der Waals surface area contributed by atoms with Crippen LogP contribution in [0.25, 0.3) is 0 Å². The van der Waals surface area contributed by atoms with E-state index in [4.69, 9.17) is 0 Å². The number of carbonyl (C=O) groups excluding carboxylic acids is 3. The molecule has 8 heteroatoms. The molecule has 0 saturated carbocycles. The van der Waals surface area contributed by atoms with Crippen LogP contribution in [0, 0.1) is 10.5 Å². The first-order valence-electron chi connectivity index (χ1n) is 7.95. The smallest absolute Gasteiger partial charge is 0.337 e. The number of halogens is 1. The molecule has 142 valence electrons. The van der Waals surface area contributed by atoms with E-state index in [0.717, 1.165) is 14.8 Å². The number of hydrogen-bond acceptors (Lipinski definition) is 6. The van der Waals surface area contributed by atoms with Crippen LogP contribution in [0.1, 0.15) is 26.3 Å². The lowest BCUT2D eigenvalue weighted by atomic mass is 10.1. The van der Waals surface area contributed by atoms with E-state index in [0.29, 0.717) is 5.69 Å². The Labute approximate surface area is 170 Å². The second kappa shape index (κ2) is 9.36. The van der Waals surface area contributed by atoms with E-state index in [1.54, 1.807) is 0 Å². The van der Waals surface area contributed by atoms with Gasteiger partial charge in [-0.3, -0.25) is 4.79 Å². The van der Waals surface area contributed by atoms with Gasteiger partial charge < -0.3 is 20.1 Å². The monoisotopic (exact) mass is 482 g/mol. The zero-order chi connectivity index (χ0) is 20.0. The third-order valence-corrected chi connectivity index (χ3v) is 4.36. The summed E-state index contributed by atoms with van der Waals surface area (Å²) in [5.41, 5.74) is 2.46. The highest BCUT2D eigenvalue weighted by atomic mass is 127. The molecule has 0 aliphatic rings. The minimum Gasteiger partial charge on any atom is -0.465 e. The van der Waals surface area contributed by atoms with E-state index in [-0.39, 0.29) is 23.6 Å².